The average Bonchev–Trinajstić information content (AvgIpc) is 3.29. The second kappa shape index (κ2) is 17.4. The molecule has 1 saturated carbocycles. The summed E-state index contributed by atoms with van der Waals surface area (Å²) in [7, 11) is 1.04. The molecule has 2 aliphatic heterocycles. The number of benzene rings is 1. The first-order valence-corrected chi connectivity index (χ1v) is 16.8. The highest BCUT2D eigenvalue weighted by Gasteiger charge is 2.69. The number of aliphatic hydroxyl groups is 2. The topological polar surface area (TPSA) is 252 Å². The lowest BCUT2D eigenvalue weighted by molar-refractivity contribution is -0.353. The van der Waals surface area contributed by atoms with E-state index < -0.39 is 121 Å². The van der Waals surface area contributed by atoms with Crippen LogP contribution in [-0.4, -0.2) is 120 Å². The van der Waals surface area contributed by atoms with Crippen LogP contribution in [0.1, 0.15) is 53.5 Å². The normalized spacial score (nSPS) is 31.1. The summed E-state index contributed by atoms with van der Waals surface area (Å²) in [5.74, 6) is -7.39. The second-order valence-corrected chi connectivity index (χ2v) is 13.0. The predicted molar refractivity (Wildman–Crippen MR) is 178 cm³/mol. The molecule has 1 saturated heterocycles. The molecule has 0 amide bonds. The van der Waals surface area contributed by atoms with Gasteiger partial charge in [-0.25, -0.2) is 9.59 Å². The van der Waals surface area contributed by atoms with Crippen molar-refractivity contribution < 1.29 is 91.1 Å². The summed E-state index contributed by atoms with van der Waals surface area (Å²) in [5, 5.41) is 24.2. The van der Waals surface area contributed by atoms with Crippen LogP contribution in [0.3, 0.4) is 0 Å². The molecule has 300 valence electrons. The lowest BCUT2D eigenvalue weighted by Gasteiger charge is -2.47. The van der Waals surface area contributed by atoms with E-state index >= 15 is 0 Å². The van der Waals surface area contributed by atoms with Crippen molar-refractivity contribution in [3.8, 4) is 5.75 Å². The van der Waals surface area contributed by atoms with E-state index in [1.807, 2.05) is 0 Å². The van der Waals surface area contributed by atoms with E-state index in [4.69, 9.17) is 47.4 Å². The van der Waals surface area contributed by atoms with Crippen LogP contribution < -0.4 is 4.74 Å². The van der Waals surface area contributed by atoms with Crippen LogP contribution in [0.25, 0.3) is 6.08 Å². The fourth-order valence-electron chi connectivity index (χ4n) is 6.59. The van der Waals surface area contributed by atoms with Crippen molar-refractivity contribution in [1.82, 2.24) is 0 Å². The van der Waals surface area contributed by atoms with Gasteiger partial charge in [-0.2, -0.15) is 0 Å². The zero-order chi connectivity index (χ0) is 40.8. The van der Waals surface area contributed by atoms with Crippen molar-refractivity contribution >= 4 is 47.9 Å². The molecule has 55 heavy (non-hydrogen) atoms. The van der Waals surface area contributed by atoms with Crippen molar-refractivity contribution in [2.75, 3.05) is 13.7 Å². The first-order chi connectivity index (χ1) is 25.8. The minimum Gasteiger partial charge on any atom is -0.471 e. The van der Waals surface area contributed by atoms with Gasteiger partial charge in [0, 0.05) is 47.1 Å². The van der Waals surface area contributed by atoms with Crippen LogP contribution >= 0.6 is 0 Å². The number of carbonyl (C=O) groups is 7. The summed E-state index contributed by atoms with van der Waals surface area (Å²) >= 11 is 0. The third kappa shape index (κ3) is 10.0. The second-order valence-electron chi connectivity index (χ2n) is 13.0. The van der Waals surface area contributed by atoms with E-state index in [2.05, 4.69) is 0 Å². The summed E-state index contributed by atoms with van der Waals surface area (Å²) in [6, 6.07) is 6.12. The maximum absolute atomic E-state index is 13.1. The number of esters is 7. The molecule has 0 unspecified atom stereocenters. The highest BCUT2D eigenvalue weighted by atomic mass is 16.8. The van der Waals surface area contributed by atoms with Gasteiger partial charge in [-0.1, -0.05) is 12.1 Å². The molecule has 1 aromatic rings. The molecule has 3 aliphatic rings. The van der Waals surface area contributed by atoms with Crippen molar-refractivity contribution in [3.05, 3.63) is 47.7 Å². The number of hydrogen-bond donors (Lipinski definition) is 2. The van der Waals surface area contributed by atoms with E-state index in [9.17, 15) is 43.8 Å². The standard InChI is InChI=1S/C36H42O19/c1-17(37)47-16-25-28(50-19(3)39)29(51-20(4)40)30(52-21(5)41)33(53-25)55-34-31-35(6,44)26(14-36(31,45)24(15-48-34)32(43)46-7)54-27(42)13-10-22-8-11-23(12-9-22)49-18(2)38/h8-13,15,25-26,28-31,33-34,44-45H,14,16H2,1-7H3/t25-,26+,28-,29+,30-,31-,33-,34+,35+,36+/m1/s1. The van der Waals surface area contributed by atoms with E-state index in [1.54, 1.807) is 12.1 Å². The smallest absolute Gasteiger partial charge is 0.339 e. The van der Waals surface area contributed by atoms with Gasteiger partial charge in [0.15, 0.2) is 18.3 Å². The van der Waals surface area contributed by atoms with Crippen LogP contribution in [0.4, 0.5) is 0 Å². The number of methoxy groups -OCH3 is 1. The molecular weight excluding hydrogens is 736 g/mol. The van der Waals surface area contributed by atoms with Gasteiger partial charge in [0.05, 0.1) is 19.3 Å². The molecule has 19 nitrogen and oxygen atoms in total. The molecule has 0 radical (unpaired) electrons. The molecule has 0 spiro atoms. The summed E-state index contributed by atoms with van der Waals surface area (Å²) in [6.07, 6.45) is -8.76. The molecule has 2 heterocycles. The number of rotatable bonds is 12. The Morgan fingerprint density at radius 2 is 1.40 bits per heavy atom. The van der Waals surface area contributed by atoms with Crippen molar-refractivity contribution in [1.29, 1.82) is 0 Å². The van der Waals surface area contributed by atoms with Gasteiger partial charge in [-0.05, 0) is 30.7 Å². The Kier molecular flexibility index (Phi) is 13.4. The van der Waals surface area contributed by atoms with Crippen LogP contribution in [0.15, 0.2) is 42.2 Å². The van der Waals surface area contributed by atoms with Gasteiger partial charge in [0.1, 0.15) is 41.3 Å². The Bertz CT molecular complexity index is 1710. The Hall–Kier alpha value is -5.37. The molecule has 1 aromatic carbocycles. The van der Waals surface area contributed by atoms with Crippen molar-refractivity contribution in [2.24, 2.45) is 5.92 Å². The lowest BCUT2D eigenvalue weighted by Crippen LogP contribution is -2.65. The zero-order valence-electron chi connectivity index (χ0n) is 30.9. The quantitative estimate of drug-likeness (QED) is 0.127. The molecule has 10 atom stereocenters. The molecule has 0 aromatic heterocycles. The third-order valence-electron chi connectivity index (χ3n) is 8.78. The van der Waals surface area contributed by atoms with Crippen LogP contribution in [0.5, 0.6) is 5.75 Å². The predicted octanol–water partition coefficient (Wildman–Crippen LogP) is 0.552. The number of carbonyl (C=O) groups excluding carboxylic acids is 7. The van der Waals surface area contributed by atoms with Gasteiger partial charge in [0.2, 0.25) is 12.6 Å². The molecule has 0 bridgehead atoms. The molecule has 4 rings (SSSR count). The summed E-state index contributed by atoms with van der Waals surface area (Å²) in [6.45, 7) is 6.04. The summed E-state index contributed by atoms with van der Waals surface area (Å²) < 4.78 is 54.6. The first kappa shape index (κ1) is 42.4. The highest BCUT2D eigenvalue weighted by molar-refractivity contribution is 5.91. The maximum Gasteiger partial charge on any atom is 0.339 e. The minimum absolute atomic E-state index is 0.280. The van der Waals surface area contributed by atoms with Gasteiger partial charge < -0.3 is 57.6 Å². The molecule has 19 heteroatoms. The number of ether oxygens (including phenoxy) is 10. The Balaban J connectivity index is 1.68. The SMILES string of the molecule is COC(=O)C1=CO[C@@H](O[C@H]2O[C@H](COC(C)=O)[C@@H](OC(C)=O)[C@H](OC(C)=O)[C@H]2OC(C)=O)[C@@H]2[C@@](C)(O)[C@@H](OC(=O)C=Cc3ccc(OC(C)=O)cc3)C[C@]12O. The van der Waals surface area contributed by atoms with Crippen LogP contribution in [0, 0.1) is 5.92 Å². The minimum atomic E-state index is -2.36. The van der Waals surface area contributed by atoms with Crippen molar-refractivity contribution in [2.45, 2.75) is 102 Å². The maximum atomic E-state index is 13.1. The van der Waals surface area contributed by atoms with Gasteiger partial charge in [-0.15, -0.1) is 0 Å². The number of fused-ring (bicyclic) bond motifs is 1. The molecular formula is C36H42O19. The van der Waals surface area contributed by atoms with Gasteiger partial charge >= 0.3 is 41.8 Å². The van der Waals surface area contributed by atoms with E-state index in [1.165, 1.54) is 32.1 Å². The van der Waals surface area contributed by atoms with E-state index in [-0.39, 0.29) is 5.75 Å². The monoisotopic (exact) mass is 778 g/mol. The Labute approximate surface area is 314 Å². The molecule has 2 N–H and O–H groups in total. The van der Waals surface area contributed by atoms with Crippen molar-refractivity contribution in [3.63, 3.8) is 0 Å². The van der Waals surface area contributed by atoms with Crippen LogP contribution in [-0.2, 0) is 76.2 Å². The first-order valence-electron chi connectivity index (χ1n) is 16.8. The number of hydrogen-bond acceptors (Lipinski definition) is 19. The van der Waals surface area contributed by atoms with E-state index in [0.717, 1.165) is 47.1 Å². The largest absolute Gasteiger partial charge is 0.471 e. The van der Waals surface area contributed by atoms with Gasteiger partial charge in [-0.3, -0.25) is 24.0 Å². The summed E-state index contributed by atoms with van der Waals surface area (Å²) in [4.78, 5) is 85.6. The Morgan fingerprint density at radius 3 is 1.96 bits per heavy atom. The Morgan fingerprint density at radius 1 is 0.800 bits per heavy atom. The fraction of sp³-hybridized carbons (Fsp3) is 0.528. The zero-order valence-corrected chi connectivity index (χ0v) is 30.9. The summed E-state index contributed by atoms with van der Waals surface area (Å²) in [5.41, 5.74) is -4.57. The van der Waals surface area contributed by atoms with E-state index in [0.29, 0.717) is 5.56 Å². The molecule has 1 aliphatic carbocycles. The van der Waals surface area contributed by atoms with Gasteiger partial charge in [0.25, 0.3) is 0 Å². The third-order valence-corrected chi connectivity index (χ3v) is 8.78. The highest BCUT2D eigenvalue weighted by Crippen LogP contribution is 2.53. The van der Waals surface area contributed by atoms with Crippen LogP contribution in [0.2, 0.25) is 0 Å². The lowest BCUT2D eigenvalue weighted by atomic mass is 9.77. The average molecular weight is 779 g/mol. The molecule has 2 fully saturated rings. The fourth-order valence-corrected chi connectivity index (χ4v) is 6.59.